The maximum Gasteiger partial charge on any atom is 0.343 e. The summed E-state index contributed by atoms with van der Waals surface area (Å²) in [6.07, 6.45) is 1.45. The van der Waals surface area contributed by atoms with Crippen molar-refractivity contribution in [3.63, 3.8) is 0 Å². The van der Waals surface area contributed by atoms with Crippen LogP contribution in [0.25, 0.3) is 6.08 Å². The summed E-state index contributed by atoms with van der Waals surface area (Å²) in [4.78, 5) is 24.8. The Morgan fingerprint density at radius 2 is 1.72 bits per heavy atom. The first-order valence-electron chi connectivity index (χ1n) is 9.23. The number of ether oxygens (including phenoxy) is 1. The van der Waals surface area contributed by atoms with Crippen LogP contribution in [-0.2, 0) is 4.79 Å². The van der Waals surface area contributed by atoms with E-state index < -0.39 is 11.9 Å². The molecule has 160 valence electrons. The number of halogens is 3. The Bertz CT molecular complexity index is 1240. The molecular weight excluding hydrogens is 560 g/mol. The summed E-state index contributed by atoms with van der Waals surface area (Å²) in [5.41, 5.74) is 2.40. The number of aryl methyl sites for hydroxylation is 1. The number of nitrogens with zero attached hydrogens (tertiary/aromatic N) is 1. The van der Waals surface area contributed by atoms with Crippen molar-refractivity contribution in [2.24, 2.45) is 0 Å². The highest BCUT2D eigenvalue weighted by Crippen LogP contribution is 2.32. The molecule has 32 heavy (non-hydrogen) atoms. The van der Waals surface area contributed by atoms with Crippen LogP contribution in [0.15, 0.2) is 75.2 Å². The fourth-order valence-corrected chi connectivity index (χ4v) is 4.53. The van der Waals surface area contributed by atoms with Gasteiger partial charge in [-0.05, 0) is 98.5 Å². The number of carbonyl (C=O) groups is 2. The first-order chi connectivity index (χ1) is 15.3. The van der Waals surface area contributed by atoms with E-state index in [1.54, 1.807) is 42.5 Å². The fourth-order valence-electron chi connectivity index (χ4n) is 2.73. The number of carbonyl (C=O) groups excluding carboxylic acids is 2. The third-order valence-corrected chi connectivity index (χ3v) is 5.74. The highest BCUT2D eigenvalue weighted by molar-refractivity contribution is 9.11. The van der Waals surface area contributed by atoms with Crippen LogP contribution in [-0.4, -0.2) is 11.9 Å². The highest BCUT2D eigenvalue weighted by Gasteiger charge is 2.14. The number of benzene rings is 3. The van der Waals surface area contributed by atoms with Gasteiger partial charge in [0.15, 0.2) is 0 Å². The van der Waals surface area contributed by atoms with E-state index in [9.17, 15) is 14.9 Å². The molecule has 5 nitrogen and oxygen atoms in total. The summed E-state index contributed by atoms with van der Waals surface area (Å²) in [5.74, 6) is -0.765. The lowest BCUT2D eigenvalue weighted by atomic mass is 10.1. The van der Waals surface area contributed by atoms with Crippen LogP contribution in [0.3, 0.4) is 0 Å². The predicted molar refractivity (Wildman–Crippen MR) is 132 cm³/mol. The number of nitrogens with one attached hydrogen (secondary N) is 1. The second kappa shape index (κ2) is 10.6. The molecule has 0 saturated carbocycles. The van der Waals surface area contributed by atoms with Crippen LogP contribution < -0.4 is 10.1 Å². The monoisotopic (exact) mass is 572 g/mol. The molecule has 1 amide bonds. The Kier molecular flexibility index (Phi) is 7.86. The van der Waals surface area contributed by atoms with Gasteiger partial charge in [0, 0.05) is 14.0 Å². The van der Waals surface area contributed by atoms with E-state index in [4.69, 9.17) is 16.3 Å². The molecule has 3 aromatic carbocycles. The zero-order chi connectivity index (χ0) is 23.3. The van der Waals surface area contributed by atoms with E-state index in [2.05, 4.69) is 37.2 Å². The zero-order valence-electron chi connectivity index (χ0n) is 16.7. The topological polar surface area (TPSA) is 79.2 Å². The van der Waals surface area contributed by atoms with Gasteiger partial charge in [-0.2, -0.15) is 5.26 Å². The molecule has 3 rings (SSSR count). The van der Waals surface area contributed by atoms with E-state index in [0.29, 0.717) is 36.5 Å². The maximum atomic E-state index is 12.6. The first-order valence-corrected chi connectivity index (χ1v) is 11.2. The molecule has 0 aliphatic carbocycles. The van der Waals surface area contributed by atoms with Gasteiger partial charge in [-0.25, -0.2) is 4.79 Å². The van der Waals surface area contributed by atoms with Crippen LogP contribution in [0.2, 0.25) is 5.02 Å². The summed E-state index contributed by atoms with van der Waals surface area (Å²) >= 11 is 12.7. The number of amides is 1. The summed E-state index contributed by atoms with van der Waals surface area (Å²) in [6, 6.07) is 18.5. The van der Waals surface area contributed by atoms with Gasteiger partial charge in [0.2, 0.25) is 0 Å². The van der Waals surface area contributed by atoms with E-state index >= 15 is 0 Å². The Morgan fingerprint density at radius 3 is 2.31 bits per heavy atom. The molecule has 0 unspecified atom stereocenters. The molecule has 0 atom stereocenters. The third kappa shape index (κ3) is 6.07. The van der Waals surface area contributed by atoms with Crippen molar-refractivity contribution in [2.45, 2.75) is 6.92 Å². The summed E-state index contributed by atoms with van der Waals surface area (Å²) in [5, 5.41) is 12.6. The van der Waals surface area contributed by atoms with Crippen molar-refractivity contribution >= 4 is 67.1 Å². The van der Waals surface area contributed by atoms with Crippen molar-refractivity contribution < 1.29 is 14.3 Å². The zero-order valence-corrected chi connectivity index (χ0v) is 20.6. The van der Waals surface area contributed by atoms with Gasteiger partial charge in [-0.3, -0.25) is 4.79 Å². The third-order valence-electron chi connectivity index (χ3n) is 4.25. The van der Waals surface area contributed by atoms with Gasteiger partial charge in [0.1, 0.15) is 17.4 Å². The van der Waals surface area contributed by atoms with Crippen molar-refractivity contribution in [3.8, 4) is 11.8 Å². The second-order valence-corrected chi connectivity index (χ2v) is 8.84. The SMILES string of the molecule is Cc1cc(Br)c(NC(=O)/C(C#N)=C/c2ccc(OC(=O)c3cccc(Cl)c3)cc2)c(Br)c1. The first kappa shape index (κ1) is 23.7. The normalized spacial score (nSPS) is 10.9. The van der Waals surface area contributed by atoms with Crippen LogP contribution in [0.5, 0.6) is 5.75 Å². The van der Waals surface area contributed by atoms with Crippen LogP contribution in [0.1, 0.15) is 21.5 Å². The molecule has 0 saturated heterocycles. The lowest BCUT2D eigenvalue weighted by Gasteiger charge is -2.10. The van der Waals surface area contributed by atoms with E-state index in [1.165, 1.54) is 12.1 Å². The van der Waals surface area contributed by atoms with Crippen LogP contribution >= 0.6 is 43.5 Å². The second-order valence-electron chi connectivity index (χ2n) is 6.70. The molecule has 0 aliphatic heterocycles. The molecule has 0 radical (unpaired) electrons. The molecule has 0 heterocycles. The number of rotatable bonds is 5. The predicted octanol–water partition coefficient (Wildman–Crippen LogP) is 6.94. The van der Waals surface area contributed by atoms with Gasteiger partial charge in [0.25, 0.3) is 5.91 Å². The minimum Gasteiger partial charge on any atom is -0.423 e. The Labute approximate surface area is 206 Å². The van der Waals surface area contributed by atoms with E-state index in [1.807, 2.05) is 25.1 Å². The molecular formula is C24H15Br2ClN2O3. The minimum atomic E-state index is -0.547. The van der Waals surface area contributed by atoms with Gasteiger partial charge < -0.3 is 10.1 Å². The largest absolute Gasteiger partial charge is 0.423 e. The van der Waals surface area contributed by atoms with Crippen LogP contribution in [0, 0.1) is 18.3 Å². The molecule has 0 spiro atoms. The van der Waals surface area contributed by atoms with Gasteiger partial charge in [0.05, 0.1) is 11.3 Å². The molecule has 0 fully saturated rings. The van der Waals surface area contributed by atoms with Gasteiger partial charge in [-0.15, -0.1) is 0 Å². The maximum absolute atomic E-state index is 12.6. The summed E-state index contributed by atoms with van der Waals surface area (Å²) < 4.78 is 6.72. The standard InChI is InChI=1S/C24H15Br2ClN2O3/c1-14-9-20(25)22(21(26)10-14)29-23(30)17(13-28)11-15-5-7-19(8-6-15)32-24(31)16-3-2-4-18(27)12-16/h2-12H,1H3,(H,29,30)/b17-11+. The molecule has 0 aromatic heterocycles. The average molecular weight is 575 g/mol. The molecule has 3 aromatic rings. The summed E-state index contributed by atoms with van der Waals surface area (Å²) in [7, 11) is 0. The Hall–Kier alpha value is -2.92. The Morgan fingerprint density at radius 1 is 1.06 bits per heavy atom. The number of nitriles is 1. The van der Waals surface area contributed by atoms with E-state index in [0.717, 1.165) is 5.56 Å². The smallest absolute Gasteiger partial charge is 0.343 e. The van der Waals surface area contributed by atoms with Crippen molar-refractivity contribution in [1.29, 1.82) is 5.26 Å². The van der Waals surface area contributed by atoms with Crippen molar-refractivity contribution in [1.82, 2.24) is 0 Å². The van der Waals surface area contributed by atoms with Crippen molar-refractivity contribution in [3.05, 3.63) is 96.9 Å². The number of hydrogen-bond donors (Lipinski definition) is 1. The van der Waals surface area contributed by atoms with Crippen LogP contribution in [0.4, 0.5) is 5.69 Å². The highest BCUT2D eigenvalue weighted by atomic mass is 79.9. The molecule has 1 N–H and O–H groups in total. The fraction of sp³-hybridized carbons (Fsp3) is 0.0417. The molecule has 0 bridgehead atoms. The summed E-state index contributed by atoms with van der Waals surface area (Å²) in [6.45, 7) is 1.93. The lowest BCUT2D eigenvalue weighted by Crippen LogP contribution is -2.14. The minimum absolute atomic E-state index is 0.0759. The number of esters is 1. The van der Waals surface area contributed by atoms with Gasteiger partial charge in [-0.1, -0.05) is 29.8 Å². The molecule has 8 heteroatoms. The lowest BCUT2D eigenvalue weighted by molar-refractivity contribution is -0.112. The molecule has 0 aliphatic rings. The average Bonchev–Trinajstić information content (AvgIpc) is 2.75. The van der Waals surface area contributed by atoms with Crippen molar-refractivity contribution in [2.75, 3.05) is 5.32 Å². The van der Waals surface area contributed by atoms with E-state index in [-0.39, 0.29) is 5.57 Å². The number of anilines is 1. The van der Waals surface area contributed by atoms with Gasteiger partial charge >= 0.3 is 5.97 Å². The Balaban J connectivity index is 1.73. The number of hydrogen-bond acceptors (Lipinski definition) is 4. The quantitative estimate of drug-likeness (QED) is 0.155.